The number of thiophene rings is 1. The lowest BCUT2D eigenvalue weighted by molar-refractivity contribution is -0.123. The van der Waals surface area contributed by atoms with Crippen molar-refractivity contribution in [3.05, 3.63) is 70.6 Å². The van der Waals surface area contributed by atoms with Gasteiger partial charge < -0.3 is 5.32 Å². The van der Waals surface area contributed by atoms with E-state index in [0.29, 0.717) is 18.5 Å². The Morgan fingerprint density at radius 1 is 1.12 bits per heavy atom. The standard InChI is InChI=1S/C20H15N3OS/c21-10-15-7-5-14(6-8-15)9-16(11-22)20(24)23-12-17-13-25-19-4-2-1-3-18(17)19/h1-8,13,16H,9,12H2,(H,23,24). The highest BCUT2D eigenvalue weighted by Gasteiger charge is 2.18. The van der Waals surface area contributed by atoms with E-state index >= 15 is 0 Å². The van der Waals surface area contributed by atoms with Crippen LogP contribution in [0.3, 0.4) is 0 Å². The smallest absolute Gasteiger partial charge is 0.237 e. The lowest BCUT2D eigenvalue weighted by Crippen LogP contribution is -2.30. The second-order valence-corrected chi connectivity index (χ2v) is 6.58. The number of rotatable bonds is 5. The van der Waals surface area contributed by atoms with Crippen molar-refractivity contribution < 1.29 is 4.79 Å². The van der Waals surface area contributed by atoms with Crippen molar-refractivity contribution in [2.75, 3.05) is 0 Å². The van der Waals surface area contributed by atoms with E-state index in [0.717, 1.165) is 16.5 Å². The summed E-state index contributed by atoms with van der Waals surface area (Å²) < 4.78 is 1.18. The molecule has 3 rings (SSSR count). The molecule has 0 aliphatic rings. The van der Waals surface area contributed by atoms with Gasteiger partial charge in [-0.3, -0.25) is 4.79 Å². The van der Waals surface area contributed by atoms with Gasteiger partial charge in [0, 0.05) is 11.2 Å². The second kappa shape index (κ2) is 7.61. The molecule has 0 spiro atoms. The van der Waals surface area contributed by atoms with Crippen LogP contribution in [0.25, 0.3) is 10.1 Å². The van der Waals surface area contributed by atoms with Crippen molar-refractivity contribution in [3.8, 4) is 12.1 Å². The van der Waals surface area contributed by atoms with Gasteiger partial charge in [0.15, 0.2) is 0 Å². The van der Waals surface area contributed by atoms with Crippen molar-refractivity contribution in [3.63, 3.8) is 0 Å². The highest BCUT2D eigenvalue weighted by Crippen LogP contribution is 2.25. The monoisotopic (exact) mass is 345 g/mol. The number of hydrogen-bond donors (Lipinski definition) is 1. The fourth-order valence-corrected chi connectivity index (χ4v) is 3.59. The second-order valence-electron chi connectivity index (χ2n) is 5.67. The number of hydrogen-bond acceptors (Lipinski definition) is 4. The minimum absolute atomic E-state index is 0.276. The van der Waals surface area contributed by atoms with Crippen LogP contribution in [0.15, 0.2) is 53.9 Å². The summed E-state index contributed by atoms with van der Waals surface area (Å²) in [4.78, 5) is 12.4. The number of carbonyl (C=O) groups is 1. The third-order valence-corrected chi connectivity index (χ3v) is 5.02. The molecule has 0 saturated carbocycles. The molecule has 122 valence electrons. The van der Waals surface area contributed by atoms with Crippen LogP contribution >= 0.6 is 11.3 Å². The molecule has 0 aliphatic heterocycles. The molecular weight excluding hydrogens is 330 g/mol. The molecule has 1 atom stereocenters. The zero-order valence-electron chi connectivity index (χ0n) is 13.4. The van der Waals surface area contributed by atoms with E-state index < -0.39 is 5.92 Å². The van der Waals surface area contributed by atoms with Gasteiger partial charge in [-0.2, -0.15) is 10.5 Å². The van der Waals surface area contributed by atoms with Gasteiger partial charge in [-0.05, 0) is 46.5 Å². The van der Waals surface area contributed by atoms with E-state index in [-0.39, 0.29) is 5.91 Å². The quantitative estimate of drug-likeness (QED) is 0.764. The van der Waals surface area contributed by atoms with Crippen molar-refractivity contribution in [1.82, 2.24) is 5.32 Å². The number of fused-ring (bicyclic) bond motifs is 1. The highest BCUT2D eigenvalue weighted by molar-refractivity contribution is 7.17. The molecule has 5 heteroatoms. The van der Waals surface area contributed by atoms with Crippen LogP contribution in [0.4, 0.5) is 0 Å². The minimum atomic E-state index is -0.752. The third-order valence-electron chi connectivity index (χ3n) is 4.01. The summed E-state index contributed by atoms with van der Waals surface area (Å²) in [6.07, 6.45) is 0.332. The number of carbonyl (C=O) groups excluding carboxylic acids is 1. The predicted octanol–water partition coefficient (Wildman–Crippen LogP) is 3.77. The highest BCUT2D eigenvalue weighted by atomic mass is 32.1. The Morgan fingerprint density at radius 2 is 1.88 bits per heavy atom. The van der Waals surface area contributed by atoms with Crippen LogP contribution in [0.2, 0.25) is 0 Å². The lowest BCUT2D eigenvalue weighted by atomic mass is 9.99. The van der Waals surface area contributed by atoms with Crippen LogP contribution in [-0.4, -0.2) is 5.91 Å². The number of nitrogens with zero attached hydrogens (tertiary/aromatic N) is 2. The summed E-state index contributed by atoms with van der Waals surface area (Å²) in [5, 5.41) is 24.2. The van der Waals surface area contributed by atoms with Crippen LogP contribution in [0.1, 0.15) is 16.7 Å². The fourth-order valence-electron chi connectivity index (χ4n) is 2.62. The topological polar surface area (TPSA) is 76.7 Å². The molecule has 4 nitrogen and oxygen atoms in total. The van der Waals surface area contributed by atoms with Crippen molar-refractivity contribution in [2.45, 2.75) is 13.0 Å². The Morgan fingerprint density at radius 3 is 2.60 bits per heavy atom. The number of nitriles is 2. The largest absolute Gasteiger partial charge is 0.351 e. The fraction of sp³-hybridized carbons (Fsp3) is 0.150. The zero-order valence-corrected chi connectivity index (χ0v) is 14.2. The molecular formula is C20H15N3OS. The van der Waals surface area contributed by atoms with Gasteiger partial charge >= 0.3 is 0 Å². The first kappa shape index (κ1) is 16.7. The molecule has 25 heavy (non-hydrogen) atoms. The maximum absolute atomic E-state index is 12.4. The minimum Gasteiger partial charge on any atom is -0.351 e. The maximum Gasteiger partial charge on any atom is 0.237 e. The van der Waals surface area contributed by atoms with E-state index in [1.165, 1.54) is 4.70 Å². The lowest BCUT2D eigenvalue weighted by Gasteiger charge is -2.10. The molecule has 3 aromatic rings. The zero-order chi connectivity index (χ0) is 17.6. The SMILES string of the molecule is N#Cc1ccc(CC(C#N)C(=O)NCc2csc3ccccc23)cc1. The third kappa shape index (κ3) is 3.85. The number of benzene rings is 2. The average Bonchev–Trinajstić information content (AvgIpc) is 3.08. The molecule has 1 aromatic heterocycles. The Balaban J connectivity index is 1.64. The molecule has 1 unspecified atom stereocenters. The Labute approximate surface area is 149 Å². The van der Waals surface area contributed by atoms with Crippen molar-refractivity contribution >= 4 is 27.3 Å². The van der Waals surface area contributed by atoms with E-state index in [4.69, 9.17) is 5.26 Å². The Hall–Kier alpha value is -3.15. The van der Waals surface area contributed by atoms with Crippen LogP contribution in [-0.2, 0) is 17.8 Å². The van der Waals surface area contributed by atoms with E-state index in [1.54, 1.807) is 35.6 Å². The molecule has 0 aliphatic carbocycles. The van der Waals surface area contributed by atoms with E-state index in [1.807, 2.05) is 29.6 Å². The first-order valence-corrected chi connectivity index (χ1v) is 8.70. The van der Waals surface area contributed by atoms with Gasteiger partial charge in [0.2, 0.25) is 5.91 Å². The number of amides is 1. The molecule has 0 fully saturated rings. The summed E-state index contributed by atoms with van der Waals surface area (Å²) >= 11 is 1.64. The first-order chi connectivity index (χ1) is 12.2. The predicted molar refractivity (Wildman–Crippen MR) is 97.6 cm³/mol. The summed E-state index contributed by atoms with van der Waals surface area (Å²) in [5.41, 5.74) is 2.48. The summed E-state index contributed by atoms with van der Waals surface area (Å²) in [5.74, 6) is -1.03. The van der Waals surface area contributed by atoms with Gasteiger partial charge in [0.1, 0.15) is 5.92 Å². The van der Waals surface area contributed by atoms with Crippen molar-refractivity contribution in [2.24, 2.45) is 5.92 Å². The Kier molecular flexibility index (Phi) is 5.09. The normalized spacial score (nSPS) is 11.4. The summed E-state index contributed by atoms with van der Waals surface area (Å²) in [7, 11) is 0. The average molecular weight is 345 g/mol. The van der Waals surface area contributed by atoms with Gasteiger partial charge in [-0.25, -0.2) is 0 Å². The van der Waals surface area contributed by atoms with Crippen molar-refractivity contribution in [1.29, 1.82) is 10.5 Å². The van der Waals surface area contributed by atoms with Gasteiger partial charge in [-0.15, -0.1) is 11.3 Å². The number of nitrogens with one attached hydrogen (secondary N) is 1. The molecule has 1 heterocycles. The van der Waals surface area contributed by atoms with E-state index in [2.05, 4.69) is 17.5 Å². The first-order valence-electron chi connectivity index (χ1n) is 7.82. The molecule has 0 radical (unpaired) electrons. The molecule has 2 aromatic carbocycles. The maximum atomic E-state index is 12.4. The molecule has 1 N–H and O–H groups in total. The van der Waals surface area contributed by atoms with Crippen LogP contribution in [0, 0.1) is 28.6 Å². The van der Waals surface area contributed by atoms with Gasteiger partial charge in [-0.1, -0.05) is 30.3 Å². The molecule has 0 saturated heterocycles. The van der Waals surface area contributed by atoms with Gasteiger partial charge in [0.25, 0.3) is 0 Å². The van der Waals surface area contributed by atoms with E-state index in [9.17, 15) is 10.1 Å². The van der Waals surface area contributed by atoms with Crippen LogP contribution in [0.5, 0.6) is 0 Å². The van der Waals surface area contributed by atoms with Gasteiger partial charge in [0.05, 0.1) is 17.7 Å². The molecule has 1 amide bonds. The summed E-state index contributed by atoms with van der Waals surface area (Å²) in [6.45, 7) is 0.411. The Bertz CT molecular complexity index is 977. The van der Waals surface area contributed by atoms with Crippen LogP contribution < -0.4 is 5.32 Å². The molecule has 0 bridgehead atoms. The summed E-state index contributed by atoms with van der Waals surface area (Å²) in [6, 6.07) is 19.1.